The highest BCUT2D eigenvalue weighted by molar-refractivity contribution is 7.92. The highest BCUT2D eigenvalue weighted by atomic mass is 32.2. The summed E-state index contributed by atoms with van der Waals surface area (Å²) in [6.07, 6.45) is 1.53. The Morgan fingerprint density at radius 3 is 2.39 bits per heavy atom. The van der Waals surface area contributed by atoms with Crippen LogP contribution in [0.2, 0.25) is 0 Å². The van der Waals surface area contributed by atoms with Gasteiger partial charge >= 0.3 is 0 Å². The maximum absolute atomic E-state index is 12.9. The highest BCUT2D eigenvalue weighted by Gasteiger charge is 2.22. The van der Waals surface area contributed by atoms with Gasteiger partial charge in [-0.1, -0.05) is 19.1 Å². The van der Waals surface area contributed by atoms with Crippen LogP contribution in [0.4, 0.5) is 5.69 Å². The van der Waals surface area contributed by atoms with E-state index in [1.165, 1.54) is 25.3 Å². The quantitative estimate of drug-likeness (QED) is 0.592. The third kappa shape index (κ3) is 5.71. The summed E-state index contributed by atoms with van der Waals surface area (Å²) in [7, 11) is -0.963. The second kappa shape index (κ2) is 10.1. The second-order valence-electron chi connectivity index (χ2n) is 6.12. The summed E-state index contributed by atoms with van der Waals surface area (Å²) in [6, 6.07) is 11.4. The third-order valence-corrected chi connectivity index (χ3v) is 5.54. The minimum absolute atomic E-state index is 0.0980. The van der Waals surface area contributed by atoms with Crippen molar-refractivity contribution in [2.24, 2.45) is 0 Å². The first-order chi connectivity index (χ1) is 13.4. The monoisotopic (exact) mass is 406 g/mol. The van der Waals surface area contributed by atoms with E-state index in [0.29, 0.717) is 25.3 Å². The summed E-state index contributed by atoms with van der Waals surface area (Å²) in [5, 5.41) is 2.74. The van der Waals surface area contributed by atoms with Crippen molar-refractivity contribution in [2.75, 3.05) is 32.1 Å². The molecule has 7 nitrogen and oxygen atoms in total. The molecular formula is C20H26N2O5S. The molecule has 0 unspecified atom stereocenters. The van der Waals surface area contributed by atoms with Crippen molar-refractivity contribution in [1.82, 2.24) is 5.32 Å². The molecule has 0 aliphatic heterocycles. The molecule has 152 valence electrons. The highest BCUT2D eigenvalue weighted by Crippen LogP contribution is 2.27. The number of ether oxygens (including phenoxy) is 2. The number of amides is 1. The van der Waals surface area contributed by atoms with Crippen molar-refractivity contribution in [2.45, 2.75) is 24.7 Å². The maximum atomic E-state index is 12.9. The van der Waals surface area contributed by atoms with Crippen molar-refractivity contribution >= 4 is 21.6 Å². The Morgan fingerprint density at radius 2 is 1.79 bits per heavy atom. The first kappa shape index (κ1) is 21.7. The Balaban J connectivity index is 2.24. The lowest BCUT2D eigenvalue weighted by molar-refractivity contribution is 0.0948. The van der Waals surface area contributed by atoms with E-state index >= 15 is 0 Å². The Bertz CT molecular complexity index is 895. The van der Waals surface area contributed by atoms with Crippen LogP contribution in [0.5, 0.6) is 5.75 Å². The van der Waals surface area contributed by atoms with Crippen molar-refractivity contribution in [3.8, 4) is 5.75 Å². The van der Waals surface area contributed by atoms with Crippen LogP contribution in [-0.4, -0.2) is 41.7 Å². The van der Waals surface area contributed by atoms with Gasteiger partial charge in [0.15, 0.2) is 0 Å². The van der Waals surface area contributed by atoms with Crippen LogP contribution in [0.3, 0.4) is 0 Å². The van der Waals surface area contributed by atoms with Crippen LogP contribution < -0.4 is 14.8 Å². The van der Waals surface area contributed by atoms with E-state index in [1.807, 2.05) is 19.1 Å². The number of nitrogens with one attached hydrogen (secondary N) is 2. The fraction of sp³-hybridized carbons (Fsp3) is 0.350. The number of carbonyl (C=O) groups is 1. The minimum Gasteiger partial charge on any atom is -0.495 e. The van der Waals surface area contributed by atoms with Gasteiger partial charge in [-0.2, -0.15) is 0 Å². The van der Waals surface area contributed by atoms with E-state index in [4.69, 9.17) is 9.47 Å². The number of sulfonamides is 1. The van der Waals surface area contributed by atoms with Gasteiger partial charge in [-0.25, -0.2) is 8.42 Å². The van der Waals surface area contributed by atoms with Gasteiger partial charge in [0.2, 0.25) is 0 Å². The molecule has 0 bridgehead atoms. The van der Waals surface area contributed by atoms with Gasteiger partial charge in [0.25, 0.3) is 15.9 Å². The molecule has 2 aromatic carbocycles. The average molecular weight is 407 g/mol. The molecule has 0 aliphatic rings. The van der Waals surface area contributed by atoms with E-state index < -0.39 is 10.0 Å². The molecular weight excluding hydrogens is 380 g/mol. The van der Waals surface area contributed by atoms with Gasteiger partial charge in [0.1, 0.15) is 10.6 Å². The van der Waals surface area contributed by atoms with Gasteiger partial charge in [0.05, 0.1) is 7.11 Å². The predicted octanol–water partition coefficient (Wildman–Crippen LogP) is 2.82. The zero-order valence-corrected chi connectivity index (χ0v) is 17.1. The molecule has 2 aromatic rings. The number of aryl methyl sites for hydroxylation is 1. The van der Waals surface area contributed by atoms with Crippen LogP contribution in [0.1, 0.15) is 29.3 Å². The number of carbonyl (C=O) groups excluding carboxylic acids is 1. The predicted molar refractivity (Wildman–Crippen MR) is 108 cm³/mol. The Hall–Kier alpha value is -2.58. The molecule has 2 rings (SSSR count). The first-order valence-corrected chi connectivity index (χ1v) is 10.5. The Kier molecular flexibility index (Phi) is 7.83. The molecule has 0 saturated heterocycles. The zero-order valence-electron chi connectivity index (χ0n) is 16.3. The molecule has 0 heterocycles. The lowest BCUT2D eigenvalue weighted by Crippen LogP contribution is -2.25. The number of rotatable bonds is 10. The molecule has 0 radical (unpaired) electrons. The standard InChI is InChI=1S/C20H26N2O5S/c1-4-15-6-9-17(10-7-15)22-28(24,25)19-14-16(8-11-18(19)27-3)20(23)21-12-5-13-26-2/h6-11,14,22H,4-5,12-13H2,1-3H3,(H,21,23). The topological polar surface area (TPSA) is 93.7 Å². The summed E-state index contributed by atoms with van der Waals surface area (Å²) < 4.78 is 38.4. The summed E-state index contributed by atoms with van der Waals surface area (Å²) in [5.74, 6) is -0.198. The van der Waals surface area contributed by atoms with E-state index in [9.17, 15) is 13.2 Å². The Labute approximate surface area is 166 Å². The second-order valence-corrected chi connectivity index (χ2v) is 7.77. The summed E-state index contributed by atoms with van der Waals surface area (Å²) >= 11 is 0. The molecule has 0 fully saturated rings. The lowest BCUT2D eigenvalue weighted by atomic mass is 10.2. The molecule has 2 N–H and O–H groups in total. The molecule has 0 spiro atoms. The molecule has 0 atom stereocenters. The van der Waals surface area contributed by atoms with Gasteiger partial charge in [-0.15, -0.1) is 0 Å². The molecule has 0 aliphatic carbocycles. The number of methoxy groups -OCH3 is 2. The van der Waals surface area contributed by atoms with Gasteiger partial charge in [-0.3, -0.25) is 9.52 Å². The van der Waals surface area contributed by atoms with Crippen LogP contribution >= 0.6 is 0 Å². The van der Waals surface area contributed by atoms with E-state index in [-0.39, 0.29) is 22.1 Å². The molecule has 1 amide bonds. The van der Waals surface area contributed by atoms with Crippen molar-refractivity contribution in [1.29, 1.82) is 0 Å². The lowest BCUT2D eigenvalue weighted by Gasteiger charge is -2.13. The normalized spacial score (nSPS) is 11.1. The summed E-state index contributed by atoms with van der Waals surface area (Å²) in [4.78, 5) is 12.2. The van der Waals surface area contributed by atoms with Gasteiger partial charge in [0, 0.05) is 31.5 Å². The SMILES string of the molecule is CCc1ccc(NS(=O)(=O)c2cc(C(=O)NCCCOC)ccc2OC)cc1. The van der Waals surface area contributed by atoms with Crippen LogP contribution in [0.15, 0.2) is 47.4 Å². The van der Waals surface area contributed by atoms with Crippen LogP contribution in [-0.2, 0) is 21.2 Å². The van der Waals surface area contributed by atoms with Crippen molar-refractivity contribution < 1.29 is 22.7 Å². The fourth-order valence-corrected chi connectivity index (χ4v) is 3.82. The number of hydrogen-bond acceptors (Lipinski definition) is 5. The van der Waals surface area contributed by atoms with E-state index in [1.54, 1.807) is 19.2 Å². The van der Waals surface area contributed by atoms with Crippen LogP contribution in [0, 0.1) is 0 Å². The summed E-state index contributed by atoms with van der Waals surface area (Å²) in [5.41, 5.74) is 1.78. The molecule has 8 heteroatoms. The molecule has 0 saturated carbocycles. The molecule has 0 aromatic heterocycles. The van der Waals surface area contributed by atoms with Gasteiger partial charge < -0.3 is 14.8 Å². The summed E-state index contributed by atoms with van der Waals surface area (Å²) in [6.45, 7) is 2.99. The minimum atomic E-state index is -3.94. The smallest absolute Gasteiger partial charge is 0.265 e. The van der Waals surface area contributed by atoms with E-state index in [2.05, 4.69) is 10.0 Å². The zero-order chi connectivity index (χ0) is 20.6. The van der Waals surface area contributed by atoms with Crippen molar-refractivity contribution in [3.05, 3.63) is 53.6 Å². The number of anilines is 1. The Morgan fingerprint density at radius 1 is 1.07 bits per heavy atom. The largest absolute Gasteiger partial charge is 0.495 e. The third-order valence-electron chi connectivity index (χ3n) is 4.14. The molecule has 28 heavy (non-hydrogen) atoms. The van der Waals surface area contributed by atoms with Crippen molar-refractivity contribution in [3.63, 3.8) is 0 Å². The number of hydrogen-bond donors (Lipinski definition) is 2. The maximum Gasteiger partial charge on any atom is 0.265 e. The fourth-order valence-electron chi connectivity index (χ4n) is 2.57. The first-order valence-electron chi connectivity index (χ1n) is 8.98. The van der Waals surface area contributed by atoms with Gasteiger partial charge in [-0.05, 0) is 48.7 Å². The average Bonchev–Trinajstić information content (AvgIpc) is 2.71. The van der Waals surface area contributed by atoms with E-state index in [0.717, 1.165) is 12.0 Å². The number of benzene rings is 2. The van der Waals surface area contributed by atoms with Crippen LogP contribution in [0.25, 0.3) is 0 Å².